The maximum Gasteiger partial charge on any atom is 0.0591 e. The van der Waals surface area contributed by atoms with Crippen LogP contribution in [0, 0.1) is 11.8 Å². The first kappa shape index (κ1) is 11.4. The summed E-state index contributed by atoms with van der Waals surface area (Å²) in [6.07, 6.45) is 2.00. The lowest BCUT2D eigenvalue weighted by molar-refractivity contribution is 0.0622. The second-order valence-corrected chi connectivity index (χ2v) is 4.12. The van der Waals surface area contributed by atoms with Crippen LogP contribution in [0.5, 0.6) is 0 Å². The Morgan fingerprint density at radius 2 is 1.82 bits per heavy atom. The third-order valence-corrected chi connectivity index (χ3v) is 2.83. The smallest absolute Gasteiger partial charge is 0.0591 e. The average molecular weight is 223 g/mol. The highest BCUT2D eigenvalue weighted by Crippen LogP contribution is 2.18. The average Bonchev–Trinajstić information content (AvgIpc) is 2.02. The Morgan fingerprint density at radius 3 is 2.18 bits per heavy atom. The van der Waals surface area contributed by atoms with Gasteiger partial charge < -0.3 is 5.11 Å². The highest BCUT2D eigenvalue weighted by Gasteiger charge is 2.18. The second-order valence-electron chi connectivity index (χ2n) is 3.33. The molecule has 0 heterocycles. The molecule has 3 atom stereocenters. The molecular formula is C9H19BrO. The first-order valence-corrected chi connectivity index (χ1v) is 5.49. The van der Waals surface area contributed by atoms with Gasteiger partial charge in [-0.15, -0.1) is 0 Å². The van der Waals surface area contributed by atoms with Crippen LogP contribution in [0.2, 0.25) is 0 Å². The molecule has 0 saturated heterocycles. The zero-order chi connectivity index (χ0) is 8.85. The van der Waals surface area contributed by atoms with Gasteiger partial charge in [0.25, 0.3) is 0 Å². The fourth-order valence-electron chi connectivity index (χ4n) is 1.15. The lowest BCUT2D eigenvalue weighted by Crippen LogP contribution is -2.25. The van der Waals surface area contributed by atoms with E-state index >= 15 is 0 Å². The number of halogens is 1. The molecule has 0 aliphatic rings. The van der Waals surface area contributed by atoms with E-state index in [4.69, 9.17) is 0 Å². The first-order valence-electron chi connectivity index (χ1n) is 4.37. The normalized spacial score (nSPS) is 19.4. The van der Waals surface area contributed by atoms with Crippen molar-refractivity contribution in [3.05, 3.63) is 0 Å². The second kappa shape index (κ2) is 6.01. The van der Waals surface area contributed by atoms with Crippen LogP contribution in [0.25, 0.3) is 0 Å². The Kier molecular flexibility index (Phi) is 6.25. The number of aliphatic hydroxyl groups is 1. The predicted molar refractivity (Wildman–Crippen MR) is 53.0 cm³/mol. The van der Waals surface area contributed by atoms with E-state index in [0.717, 1.165) is 18.2 Å². The monoisotopic (exact) mass is 222 g/mol. The van der Waals surface area contributed by atoms with E-state index in [9.17, 15) is 5.11 Å². The van der Waals surface area contributed by atoms with Crippen LogP contribution in [0.1, 0.15) is 33.6 Å². The highest BCUT2D eigenvalue weighted by atomic mass is 79.9. The van der Waals surface area contributed by atoms with Gasteiger partial charge >= 0.3 is 0 Å². The largest absolute Gasteiger partial charge is 0.393 e. The molecule has 0 aliphatic carbocycles. The van der Waals surface area contributed by atoms with Crippen LogP contribution >= 0.6 is 15.9 Å². The number of hydrogen-bond acceptors (Lipinski definition) is 1. The zero-order valence-electron chi connectivity index (χ0n) is 7.68. The number of rotatable bonds is 5. The zero-order valence-corrected chi connectivity index (χ0v) is 9.26. The van der Waals surface area contributed by atoms with E-state index in [-0.39, 0.29) is 6.10 Å². The molecule has 2 heteroatoms. The van der Waals surface area contributed by atoms with E-state index in [1.54, 1.807) is 0 Å². The molecule has 0 spiro atoms. The van der Waals surface area contributed by atoms with Crippen molar-refractivity contribution >= 4 is 15.9 Å². The summed E-state index contributed by atoms with van der Waals surface area (Å²) in [5.74, 6) is 0.855. The topological polar surface area (TPSA) is 20.2 Å². The fraction of sp³-hybridized carbons (Fsp3) is 1.00. The molecule has 11 heavy (non-hydrogen) atoms. The van der Waals surface area contributed by atoms with Gasteiger partial charge in [0, 0.05) is 5.33 Å². The summed E-state index contributed by atoms with van der Waals surface area (Å²) >= 11 is 3.38. The van der Waals surface area contributed by atoms with Crippen molar-refractivity contribution in [3.63, 3.8) is 0 Å². The summed E-state index contributed by atoms with van der Waals surface area (Å²) in [6, 6.07) is 0. The van der Waals surface area contributed by atoms with Crippen molar-refractivity contribution < 1.29 is 5.11 Å². The lowest BCUT2D eigenvalue weighted by atomic mass is 9.90. The summed E-state index contributed by atoms with van der Waals surface area (Å²) in [4.78, 5) is 0. The van der Waals surface area contributed by atoms with Gasteiger partial charge in [-0.3, -0.25) is 0 Å². The standard InChI is InChI=1S/C9H19BrO/c1-4-7(2)9(11)8(3)5-6-10/h7-9,11H,4-6H2,1-3H3. The van der Waals surface area contributed by atoms with Crippen LogP contribution in [-0.2, 0) is 0 Å². The van der Waals surface area contributed by atoms with Crippen molar-refractivity contribution in [3.8, 4) is 0 Å². The van der Waals surface area contributed by atoms with Crippen LogP contribution in [0.3, 0.4) is 0 Å². The van der Waals surface area contributed by atoms with Gasteiger partial charge in [-0.25, -0.2) is 0 Å². The maximum atomic E-state index is 9.70. The number of alkyl halides is 1. The Labute approximate surface area is 78.3 Å². The van der Waals surface area contributed by atoms with Gasteiger partial charge in [-0.05, 0) is 18.3 Å². The van der Waals surface area contributed by atoms with Crippen molar-refractivity contribution in [2.24, 2.45) is 11.8 Å². The summed E-state index contributed by atoms with van der Waals surface area (Å²) in [6.45, 7) is 6.34. The summed E-state index contributed by atoms with van der Waals surface area (Å²) in [7, 11) is 0. The third-order valence-electron chi connectivity index (χ3n) is 2.37. The molecule has 3 unspecified atom stereocenters. The highest BCUT2D eigenvalue weighted by molar-refractivity contribution is 9.09. The molecule has 0 radical (unpaired) electrons. The maximum absolute atomic E-state index is 9.70. The molecule has 0 bridgehead atoms. The fourth-order valence-corrected chi connectivity index (χ4v) is 1.87. The van der Waals surface area contributed by atoms with Gasteiger partial charge in [0.2, 0.25) is 0 Å². The molecule has 0 rings (SSSR count). The molecule has 0 aromatic carbocycles. The van der Waals surface area contributed by atoms with Gasteiger partial charge in [0.15, 0.2) is 0 Å². The summed E-state index contributed by atoms with van der Waals surface area (Å²) < 4.78 is 0. The Bertz CT molecular complexity index is 95.6. The van der Waals surface area contributed by atoms with Gasteiger partial charge in [0.05, 0.1) is 6.10 Å². The van der Waals surface area contributed by atoms with E-state index < -0.39 is 0 Å². The van der Waals surface area contributed by atoms with Crippen molar-refractivity contribution in [2.75, 3.05) is 5.33 Å². The minimum Gasteiger partial charge on any atom is -0.393 e. The Morgan fingerprint density at radius 1 is 1.27 bits per heavy atom. The van der Waals surface area contributed by atoms with Gasteiger partial charge in [-0.1, -0.05) is 43.1 Å². The van der Waals surface area contributed by atoms with Gasteiger partial charge in [-0.2, -0.15) is 0 Å². The van der Waals surface area contributed by atoms with E-state index in [2.05, 4.69) is 36.7 Å². The van der Waals surface area contributed by atoms with Crippen LogP contribution in [0.4, 0.5) is 0 Å². The molecule has 0 aromatic heterocycles. The first-order chi connectivity index (χ1) is 5.13. The minimum atomic E-state index is -0.127. The van der Waals surface area contributed by atoms with Crippen molar-refractivity contribution in [1.29, 1.82) is 0 Å². The quantitative estimate of drug-likeness (QED) is 0.710. The molecule has 0 fully saturated rings. The molecule has 0 aliphatic heterocycles. The van der Waals surface area contributed by atoms with E-state index in [1.165, 1.54) is 0 Å². The lowest BCUT2D eigenvalue weighted by Gasteiger charge is -2.23. The van der Waals surface area contributed by atoms with Crippen LogP contribution in [-0.4, -0.2) is 16.5 Å². The predicted octanol–water partition coefficient (Wildman–Crippen LogP) is 2.81. The minimum absolute atomic E-state index is 0.127. The van der Waals surface area contributed by atoms with E-state index in [0.29, 0.717) is 11.8 Å². The summed E-state index contributed by atoms with van der Waals surface area (Å²) in [5.41, 5.74) is 0. The van der Waals surface area contributed by atoms with Crippen LogP contribution < -0.4 is 0 Å². The molecule has 0 amide bonds. The molecule has 1 nitrogen and oxygen atoms in total. The molecule has 1 N–H and O–H groups in total. The van der Waals surface area contributed by atoms with Crippen LogP contribution in [0.15, 0.2) is 0 Å². The molecule has 68 valence electrons. The number of aliphatic hydroxyl groups excluding tert-OH is 1. The molecule has 0 saturated carbocycles. The van der Waals surface area contributed by atoms with Crippen molar-refractivity contribution in [1.82, 2.24) is 0 Å². The third kappa shape index (κ3) is 4.12. The molecule has 0 aromatic rings. The summed E-state index contributed by atoms with van der Waals surface area (Å²) in [5, 5.41) is 10.7. The molecular weight excluding hydrogens is 204 g/mol. The number of hydrogen-bond donors (Lipinski definition) is 1. The van der Waals surface area contributed by atoms with Gasteiger partial charge in [0.1, 0.15) is 0 Å². The SMILES string of the molecule is CCC(C)C(O)C(C)CCBr. The van der Waals surface area contributed by atoms with Crippen molar-refractivity contribution in [2.45, 2.75) is 39.7 Å². The van der Waals surface area contributed by atoms with E-state index in [1.807, 2.05) is 0 Å². The Hall–Kier alpha value is 0.440. The Balaban J connectivity index is 3.70.